The first-order chi connectivity index (χ1) is 11.2. The molecule has 1 aromatic carbocycles. The monoisotopic (exact) mass is 315 g/mol. The number of carbonyl (C=O) groups is 1. The highest BCUT2D eigenvalue weighted by Crippen LogP contribution is 2.16. The normalized spacial score (nSPS) is 10.7. The molecular formula is C16H14FN3O3. The number of nitrogens with one attached hydrogen (secondary N) is 1. The third-order valence-electron chi connectivity index (χ3n) is 3.18. The number of aryl methyl sites for hydroxylation is 1. The Balaban J connectivity index is 1.46. The predicted molar refractivity (Wildman–Crippen MR) is 78.6 cm³/mol. The third kappa shape index (κ3) is 4.03. The second-order valence-corrected chi connectivity index (χ2v) is 4.89. The Kier molecular flexibility index (Phi) is 4.46. The van der Waals surface area contributed by atoms with Gasteiger partial charge in [-0.25, -0.2) is 4.39 Å². The molecule has 0 spiro atoms. The average Bonchev–Trinajstić information content (AvgIpc) is 3.23. The molecule has 6 nitrogen and oxygen atoms in total. The first-order valence-corrected chi connectivity index (χ1v) is 7.08. The topological polar surface area (TPSA) is 81.2 Å². The molecule has 0 aliphatic rings. The number of rotatable bonds is 6. The third-order valence-corrected chi connectivity index (χ3v) is 3.18. The molecule has 118 valence electrons. The minimum Gasteiger partial charge on any atom is -0.461 e. The molecule has 0 atom stereocenters. The average molecular weight is 315 g/mol. The Morgan fingerprint density at radius 1 is 1.22 bits per heavy atom. The maximum atomic E-state index is 12.8. The maximum absolute atomic E-state index is 12.8. The molecule has 0 radical (unpaired) electrons. The van der Waals surface area contributed by atoms with Crippen molar-refractivity contribution in [3.63, 3.8) is 0 Å². The smallest absolute Gasteiger partial charge is 0.238 e. The molecule has 3 rings (SSSR count). The summed E-state index contributed by atoms with van der Waals surface area (Å²) in [5.74, 6) is 0.793. The van der Waals surface area contributed by atoms with Gasteiger partial charge in [-0.3, -0.25) is 4.79 Å². The van der Waals surface area contributed by atoms with Gasteiger partial charge in [-0.1, -0.05) is 17.3 Å². The Bertz CT molecular complexity index is 766. The summed E-state index contributed by atoms with van der Waals surface area (Å²) in [6.45, 7) is 0.348. The highest BCUT2D eigenvalue weighted by Gasteiger charge is 2.12. The van der Waals surface area contributed by atoms with E-state index in [4.69, 9.17) is 8.94 Å². The molecule has 0 unspecified atom stereocenters. The van der Waals surface area contributed by atoms with E-state index in [1.54, 1.807) is 24.3 Å². The van der Waals surface area contributed by atoms with Crippen molar-refractivity contribution in [1.29, 1.82) is 0 Å². The Morgan fingerprint density at radius 2 is 2.04 bits per heavy atom. The summed E-state index contributed by atoms with van der Waals surface area (Å²) in [7, 11) is 0. The Labute approximate surface area is 131 Å². The molecule has 3 aromatic rings. The van der Waals surface area contributed by atoms with Crippen LogP contribution in [-0.2, 0) is 17.8 Å². The minimum absolute atomic E-state index is 0.146. The van der Waals surface area contributed by atoms with Gasteiger partial charge in [0.05, 0.1) is 6.26 Å². The molecule has 0 saturated carbocycles. The second kappa shape index (κ2) is 6.87. The standard InChI is InChI=1S/C16H14FN3O3/c17-12-5-3-11(4-6-12)10-18-14(21)7-8-15-19-16(20-23-15)13-2-1-9-22-13/h1-6,9H,7-8,10H2,(H,18,21). The van der Waals surface area contributed by atoms with Gasteiger partial charge in [0.2, 0.25) is 17.6 Å². The van der Waals surface area contributed by atoms with Gasteiger partial charge in [0.1, 0.15) is 5.82 Å². The molecule has 0 saturated heterocycles. The van der Waals surface area contributed by atoms with Crippen LogP contribution in [0.4, 0.5) is 4.39 Å². The van der Waals surface area contributed by atoms with Gasteiger partial charge in [0.25, 0.3) is 0 Å². The first kappa shape index (κ1) is 15.0. The number of benzene rings is 1. The van der Waals surface area contributed by atoms with Gasteiger partial charge < -0.3 is 14.3 Å². The quantitative estimate of drug-likeness (QED) is 0.756. The molecule has 1 amide bonds. The summed E-state index contributed by atoms with van der Waals surface area (Å²) in [5.41, 5.74) is 0.831. The lowest BCUT2D eigenvalue weighted by atomic mass is 10.2. The molecule has 0 fully saturated rings. The van der Waals surface area contributed by atoms with Crippen LogP contribution in [0, 0.1) is 5.82 Å². The van der Waals surface area contributed by atoms with Gasteiger partial charge in [-0.2, -0.15) is 4.98 Å². The van der Waals surface area contributed by atoms with Gasteiger partial charge in [-0.05, 0) is 29.8 Å². The lowest BCUT2D eigenvalue weighted by Gasteiger charge is -2.04. The zero-order chi connectivity index (χ0) is 16.1. The minimum atomic E-state index is -0.302. The van der Waals surface area contributed by atoms with Crippen LogP contribution in [0.25, 0.3) is 11.6 Å². The van der Waals surface area contributed by atoms with E-state index in [9.17, 15) is 9.18 Å². The number of amides is 1. The first-order valence-electron chi connectivity index (χ1n) is 7.08. The molecule has 23 heavy (non-hydrogen) atoms. The van der Waals surface area contributed by atoms with E-state index >= 15 is 0 Å². The van der Waals surface area contributed by atoms with Crippen molar-refractivity contribution in [2.24, 2.45) is 0 Å². The highest BCUT2D eigenvalue weighted by molar-refractivity contribution is 5.76. The van der Waals surface area contributed by atoms with Gasteiger partial charge >= 0.3 is 0 Å². The number of nitrogens with zero attached hydrogens (tertiary/aromatic N) is 2. The number of carbonyl (C=O) groups excluding carboxylic acids is 1. The fourth-order valence-corrected chi connectivity index (χ4v) is 1.97. The van der Waals surface area contributed by atoms with E-state index in [0.717, 1.165) is 5.56 Å². The summed E-state index contributed by atoms with van der Waals surface area (Å²) in [6.07, 6.45) is 2.08. The van der Waals surface area contributed by atoms with E-state index in [2.05, 4.69) is 15.5 Å². The van der Waals surface area contributed by atoms with Crippen LogP contribution >= 0.6 is 0 Å². The summed E-state index contributed by atoms with van der Waals surface area (Å²) >= 11 is 0. The zero-order valence-corrected chi connectivity index (χ0v) is 12.2. The van der Waals surface area contributed by atoms with Gasteiger partial charge in [0, 0.05) is 19.4 Å². The van der Waals surface area contributed by atoms with Crippen molar-refractivity contribution >= 4 is 5.91 Å². The van der Waals surface area contributed by atoms with Crippen molar-refractivity contribution in [2.45, 2.75) is 19.4 Å². The van der Waals surface area contributed by atoms with Crippen molar-refractivity contribution in [1.82, 2.24) is 15.5 Å². The van der Waals surface area contributed by atoms with Crippen molar-refractivity contribution in [3.8, 4) is 11.6 Å². The van der Waals surface area contributed by atoms with Gasteiger partial charge in [-0.15, -0.1) is 0 Å². The van der Waals surface area contributed by atoms with Crippen molar-refractivity contribution < 1.29 is 18.1 Å². The molecule has 0 bridgehead atoms. The van der Waals surface area contributed by atoms with E-state index < -0.39 is 0 Å². The number of furan rings is 1. The van der Waals surface area contributed by atoms with Crippen LogP contribution in [0.15, 0.2) is 51.6 Å². The molecule has 7 heteroatoms. The van der Waals surface area contributed by atoms with Crippen LogP contribution in [0.5, 0.6) is 0 Å². The molecule has 1 N–H and O–H groups in total. The van der Waals surface area contributed by atoms with E-state index in [0.29, 0.717) is 30.4 Å². The summed E-state index contributed by atoms with van der Waals surface area (Å²) < 4.78 is 23.0. The lowest BCUT2D eigenvalue weighted by molar-refractivity contribution is -0.121. The lowest BCUT2D eigenvalue weighted by Crippen LogP contribution is -2.23. The zero-order valence-electron chi connectivity index (χ0n) is 12.2. The number of hydrogen-bond acceptors (Lipinski definition) is 5. The van der Waals surface area contributed by atoms with E-state index in [1.165, 1.54) is 18.4 Å². The maximum Gasteiger partial charge on any atom is 0.238 e. The van der Waals surface area contributed by atoms with Crippen LogP contribution in [0.2, 0.25) is 0 Å². The SMILES string of the molecule is O=C(CCc1nc(-c2ccco2)no1)NCc1ccc(F)cc1. The van der Waals surface area contributed by atoms with Crippen LogP contribution in [0.3, 0.4) is 0 Å². The second-order valence-electron chi connectivity index (χ2n) is 4.89. The van der Waals surface area contributed by atoms with Crippen LogP contribution < -0.4 is 5.32 Å². The summed E-state index contributed by atoms with van der Waals surface area (Å²) in [5, 5.41) is 6.54. The molecule has 0 aliphatic carbocycles. The Morgan fingerprint density at radius 3 is 2.78 bits per heavy atom. The largest absolute Gasteiger partial charge is 0.461 e. The number of hydrogen-bond donors (Lipinski definition) is 1. The highest BCUT2D eigenvalue weighted by atomic mass is 19.1. The molecular weight excluding hydrogens is 301 g/mol. The van der Waals surface area contributed by atoms with Crippen molar-refractivity contribution in [2.75, 3.05) is 0 Å². The summed E-state index contributed by atoms with van der Waals surface area (Å²) in [6, 6.07) is 9.43. The number of halogens is 1. The summed E-state index contributed by atoms with van der Waals surface area (Å²) in [4.78, 5) is 16.0. The molecule has 0 aliphatic heterocycles. The fourth-order valence-electron chi connectivity index (χ4n) is 1.97. The van der Waals surface area contributed by atoms with Crippen LogP contribution in [-0.4, -0.2) is 16.0 Å². The van der Waals surface area contributed by atoms with Crippen LogP contribution in [0.1, 0.15) is 17.9 Å². The van der Waals surface area contributed by atoms with E-state index in [-0.39, 0.29) is 18.1 Å². The van der Waals surface area contributed by atoms with E-state index in [1.807, 2.05) is 0 Å². The van der Waals surface area contributed by atoms with Crippen molar-refractivity contribution in [3.05, 3.63) is 59.9 Å². The Hall–Kier alpha value is -2.96. The predicted octanol–water partition coefficient (Wildman–Crippen LogP) is 2.72. The van der Waals surface area contributed by atoms with Gasteiger partial charge in [0.15, 0.2) is 5.76 Å². The fraction of sp³-hybridized carbons (Fsp3) is 0.188. The number of aromatic nitrogens is 2. The molecule has 2 aromatic heterocycles. The molecule has 2 heterocycles.